The maximum atomic E-state index is 10.3. The minimum Gasteiger partial charge on any atom is -0.481 e. The first-order valence-electron chi connectivity index (χ1n) is 3.65. The maximum Gasteiger partial charge on any atom is 0.313 e. The highest BCUT2D eigenvalue weighted by Crippen LogP contribution is 2.20. The van der Waals surface area contributed by atoms with Crippen molar-refractivity contribution in [2.75, 3.05) is 17.7 Å². The van der Waals surface area contributed by atoms with E-state index in [-0.39, 0.29) is 5.75 Å². The van der Waals surface area contributed by atoms with Crippen molar-refractivity contribution in [3.63, 3.8) is 0 Å². The van der Waals surface area contributed by atoms with E-state index in [0.717, 1.165) is 11.8 Å². The molecule has 5 nitrogen and oxygen atoms in total. The Morgan fingerprint density at radius 1 is 1.64 bits per heavy atom. The van der Waals surface area contributed by atoms with Gasteiger partial charge in [-0.1, -0.05) is 23.5 Å². The fourth-order valence-electron chi connectivity index (χ4n) is 0.722. The minimum absolute atomic E-state index is 0.0235. The number of hydrogen-bond acceptors (Lipinski definition) is 6. The zero-order valence-electron chi connectivity index (χ0n) is 7.43. The molecule has 0 saturated carbocycles. The van der Waals surface area contributed by atoms with E-state index in [1.54, 1.807) is 6.07 Å². The van der Waals surface area contributed by atoms with E-state index in [1.165, 1.54) is 11.8 Å². The zero-order chi connectivity index (χ0) is 10.6. The molecule has 0 bridgehead atoms. The monoisotopic (exact) mass is 231 g/mol. The van der Waals surface area contributed by atoms with Gasteiger partial charge in [0.25, 0.3) is 0 Å². The molecule has 1 aromatic heterocycles. The highest BCUT2D eigenvalue weighted by atomic mass is 32.2. The summed E-state index contributed by atoms with van der Waals surface area (Å²) in [5.41, 5.74) is 5.52. The Hall–Kier alpha value is -0.950. The van der Waals surface area contributed by atoms with Crippen molar-refractivity contribution in [1.82, 2.24) is 9.97 Å². The van der Waals surface area contributed by atoms with Crippen LogP contribution in [0.15, 0.2) is 16.2 Å². The first kappa shape index (κ1) is 11.1. The van der Waals surface area contributed by atoms with Gasteiger partial charge in [0.05, 0.1) is 5.75 Å². The summed E-state index contributed by atoms with van der Waals surface area (Å²) in [6.07, 6.45) is 1.83. The Balaban J connectivity index is 2.76. The second-order valence-corrected chi connectivity index (χ2v) is 4.07. The summed E-state index contributed by atoms with van der Waals surface area (Å²) in [4.78, 5) is 18.4. The van der Waals surface area contributed by atoms with Gasteiger partial charge in [-0.15, -0.1) is 0 Å². The second kappa shape index (κ2) is 5.06. The van der Waals surface area contributed by atoms with Crippen molar-refractivity contribution < 1.29 is 9.90 Å². The molecule has 1 aromatic rings. The molecule has 7 heteroatoms. The Labute approximate surface area is 89.5 Å². The van der Waals surface area contributed by atoms with Crippen LogP contribution in [-0.4, -0.2) is 33.1 Å². The molecule has 0 aliphatic carbocycles. The van der Waals surface area contributed by atoms with Gasteiger partial charge in [0.2, 0.25) is 0 Å². The molecule has 76 valence electrons. The van der Waals surface area contributed by atoms with Gasteiger partial charge >= 0.3 is 5.97 Å². The van der Waals surface area contributed by atoms with Gasteiger partial charge in [-0.25, -0.2) is 9.97 Å². The number of hydrogen-bond donors (Lipinski definition) is 2. The normalized spacial score (nSPS) is 10.1. The quantitative estimate of drug-likeness (QED) is 0.453. The van der Waals surface area contributed by atoms with E-state index < -0.39 is 5.97 Å². The van der Waals surface area contributed by atoms with Crippen molar-refractivity contribution in [1.29, 1.82) is 0 Å². The summed E-state index contributed by atoms with van der Waals surface area (Å²) < 4.78 is 0. The number of thioether (sulfide) groups is 2. The smallest absolute Gasteiger partial charge is 0.313 e. The van der Waals surface area contributed by atoms with Gasteiger partial charge in [-0.3, -0.25) is 4.79 Å². The lowest BCUT2D eigenvalue weighted by atomic mass is 10.6. The topological polar surface area (TPSA) is 89.1 Å². The van der Waals surface area contributed by atoms with Crippen LogP contribution >= 0.6 is 23.5 Å². The van der Waals surface area contributed by atoms with Crippen LogP contribution in [0.1, 0.15) is 0 Å². The number of nitrogens with two attached hydrogens (primary N) is 1. The van der Waals surface area contributed by atoms with E-state index in [0.29, 0.717) is 16.0 Å². The molecule has 1 heterocycles. The number of nitrogen functional groups attached to an aromatic ring is 1. The van der Waals surface area contributed by atoms with Crippen molar-refractivity contribution >= 4 is 35.3 Å². The minimum atomic E-state index is -0.877. The second-order valence-electron chi connectivity index (χ2n) is 2.30. The third-order valence-corrected chi connectivity index (χ3v) is 2.67. The van der Waals surface area contributed by atoms with E-state index in [9.17, 15) is 4.79 Å². The van der Waals surface area contributed by atoms with Crippen LogP contribution in [0.25, 0.3) is 0 Å². The molecule has 0 unspecified atom stereocenters. The Kier molecular flexibility index (Phi) is 4.02. The standard InChI is InChI=1S/C7H9N3O2S2/c1-13-7-9-4(8)2-5(10-7)14-3-6(11)12/h2H,3H2,1H3,(H,11,12)(H2,8,9,10). The van der Waals surface area contributed by atoms with Gasteiger partial charge in [0.1, 0.15) is 10.8 Å². The molecule has 0 spiro atoms. The number of carbonyl (C=O) groups is 1. The largest absolute Gasteiger partial charge is 0.481 e. The van der Waals surface area contributed by atoms with Crippen LogP contribution in [0.2, 0.25) is 0 Å². The molecular formula is C7H9N3O2S2. The SMILES string of the molecule is CSc1nc(N)cc(SCC(=O)O)n1. The highest BCUT2D eigenvalue weighted by molar-refractivity contribution is 8.00. The van der Waals surface area contributed by atoms with Gasteiger partial charge < -0.3 is 10.8 Å². The molecule has 0 aromatic carbocycles. The summed E-state index contributed by atoms with van der Waals surface area (Å²) in [5, 5.41) is 9.61. The van der Waals surface area contributed by atoms with Crippen molar-refractivity contribution in [3.05, 3.63) is 6.07 Å². The van der Waals surface area contributed by atoms with Crippen LogP contribution in [0, 0.1) is 0 Å². The van der Waals surface area contributed by atoms with Crippen molar-refractivity contribution in [2.24, 2.45) is 0 Å². The van der Waals surface area contributed by atoms with Crippen LogP contribution in [0.3, 0.4) is 0 Å². The molecule has 0 aliphatic rings. The number of aliphatic carboxylic acids is 1. The van der Waals surface area contributed by atoms with Crippen LogP contribution in [0.5, 0.6) is 0 Å². The summed E-state index contributed by atoms with van der Waals surface area (Å²) >= 11 is 2.50. The molecule has 14 heavy (non-hydrogen) atoms. The summed E-state index contributed by atoms with van der Waals surface area (Å²) in [5.74, 6) is -0.542. The van der Waals surface area contributed by atoms with Gasteiger partial charge in [-0.05, 0) is 6.26 Å². The van der Waals surface area contributed by atoms with Gasteiger partial charge in [-0.2, -0.15) is 0 Å². The number of aromatic nitrogens is 2. The molecule has 0 amide bonds. The molecule has 0 atom stereocenters. The van der Waals surface area contributed by atoms with Crippen molar-refractivity contribution in [2.45, 2.75) is 10.2 Å². The fourth-order valence-corrected chi connectivity index (χ4v) is 1.79. The number of carboxylic acid groups (broad SMARTS) is 1. The molecular weight excluding hydrogens is 222 g/mol. The number of nitrogens with zero attached hydrogens (tertiary/aromatic N) is 2. The Morgan fingerprint density at radius 2 is 2.36 bits per heavy atom. The molecule has 0 aliphatic heterocycles. The average Bonchev–Trinajstić information content (AvgIpc) is 2.14. The Bertz CT molecular complexity index is 346. The lowest BCUT2D eigenvalue weighted by molar-refractivity contribution is -0.133. The number of carboxylic acids is 1. The lowest BCUT2D eigenvalue weighted by Gasteiger charge is -2.01. The van der Waals surface area contributed by atoms with Crippen LogP contribution < -0.4 is 5.73 Å². The average molecular weight is 231 g/mol. The maximum absolute atomic E-state index is 10.3. The van der Waals surface area contributed by atoms with E-state index in [4.69, 9.17) is 10.8 Å². The summed E-state index contributed by atoms with van der Waals surface area (Å²) in [7, 11) is 0. The van der Waals surface area contributed by atoms with E-state index in [2.05, 4.69) is 9.97 Å². The van der Waals surface area contributed by atoms with Crippen LogP contribution in [0.4, 0.5) is 5.82 Å². The molecule has 3 N–H and O–H groups in total. The zero-order valence-corrected chi connectivity index (χ0v) is 9.06. The predicted molar refractivity (Wildman–Crippen MR) is 56.6 cm³/mol. The molecule has 0 radical (unpaired) electrons. The van der Waals surface area contributed by atoms with Gasteiger partial charge in [0, 0.05) is 6.07 Å². The summed E-state index contributed by atoms with van der Waals surface area (Å²) in [6.45, 7) is 0. The van der Waals surface area contributed by atoms with Crippen LogP contribution in [-0.2, 0) is 4.79 Å². The molecule has 0 fully saturated rings. The number of rotatable bonds is 4. The van der Waals surface area contributed by atoms with E-state index in [1.807, 2.05) is 6.26 Å². The predicted octanol–water partition coefficient (Wildman–Crippen LogP) is 0.957. The van der Waals surface area contributed by atoms with E-state index >= 15 is 0 Å². The molecule has 1 rings (SSSR count). The molecule has 0 saturated heterocycles. The first-order valence-corrected chi connectivity index (χ1v) is 5.86. The third kappa shape index (κ3) is 3.43. The fraction of sp³-hybridized carbons (Fsp3) is 0.286. The van der Waals surface area contributed by atoms with Gasteiger partial charge in [0.15, 0.2) is 5.16 Å². The third-order valence-electron chi connectivity index (χ3n) is 1.23. The lowest BCUT2D eigenvalue weighted by Crippen LogP contribution is -2.00. The van der Waals surface area contributed by atoms with Crippen molar-refractivity contribution in [3.8, 4) is 0 Å². The number of anilines is 1. The Morgan fingerprint density at radius 3 is 2.93 bits per heavy atom. The first-order chi connectivity index (χ1) is 6.61. The highest BCUT2D eigenvalue weighted by Gasteiger charge is 2.04. The summed E-state index contributed by atoms with van der Waals surface area (Å²) in [6, 6.07) is 1.56.